The lowest BCUT2D eigenvalue weighted by atomic mass is 9.39. The van der Waals surface area contributed by atoms with E-state index in [1.54, 1.807) is 0 Å². The highest BCUT2D eigenvalue weighted by atomic mass is 32.2. The Morgan fingerprint density at radius 2 is 1.78 bits per heavy atom. The molecular weight excluding hydrogens is 338 g/mol. The Labute approximate surface area is 129 Å². The molecule has 0 spiro atoms. The van der Waals surface area contributed by atoms with Gasteiger partial charge in [0.25, 0.3) is 5.91 Å². The average Bonchev–Trinajstić information content (AvgIpc) is 2.28. The van der Waals surface area contributed by atoms with E-state index in [9.17, 15) is 30.8 Å². The van der Waals surface area contributed by atoms with Gasteiger partial charge in [0, 0.05) is 11.8 Å². The van der Waals surface area contributed by atoms with E-state index in [2.05, 4.69) is 5.32 Å². The van der Waals surface area contributed by atoms with E-state index in [1.807, 2.05) is 0 Å². The first kappa shape index (κ1) is 16.2. The van der Waals surface area contributed by atoms with Crippen LogP contribution in [0.5, 0.6) is 0 Å². The molecule has 3 aliphatic carbocycles. The fourth-order valence-electron chi connectivity index (χ4n) is 3.56. The van der Waals surface area contributed by atoms with Gasteiger partial charge in [0.2, 0.25) is 0 Å². The minimum absolute atomic E-state index is 0.252. The molecule has 9 heteroatoms. The van der Waals surface area contributed by atoms with Crippen LogP contribution in [0, 0.1) is 11.2 Å². The van der Waals surface area contributed by atoms with Gasteiger partial charge in [-0.15, -0.1) is 0 Å². The molecule has 0 aliphatic heterocycles. The zero-order valence-corrected chi connectivity index (χ0v) is 12.8. The molecule has 3 fully saturated rings. The highest BCUT2D eigenvalue weighted by Gasteiger charge is 2.79. The Bertz CT molecular complexity index is 781. The number of amides is 1. The molecule has 0 saturated heterocycles. The van der Waals surface area contributed by atoms with E-state index in [0.717, 1.165) is 24.5 Å². The van der Waals surface area contributed by atoms with Crippen LogP contribution in [0.4, 0.5) is 17.6 Å². The summed E-state index contributed by atoms with van der Waals surface area (Å²) in [7, 11) is -3.85. The number of benzene rings is 1. The van der Waals surface area contributed by atoms with Crippen LogP contribution < -0.4 is 5.32 Å². The number of carbonyl (C=O) groups is 1. The van der Waals surface area contributed by atoms with Crippen molar-refractivity contribution in [1.29, 1.82) is 0 Å². The standard InChI is InChI=1S/C14H13F4NO3S/c1-23(21,22)9-4-2-3-8(15)10(9)11(20)19-13-5-12(6-13,7-13)14(16,17)18/h2-4H,5-7H2,1H3,(H,19,20). The van der Waals surface area contributed by atoms with Gasteiger partial charge in [-0.3, -0.25) is 4.79 Å². The molecule has 4 rings (SSSR count). The lowest BCUT2D eigenvalue weighted by Crippen LogP contribution is -2.78. The third kappa shape index (κ3) is 2.32. The Kier molecular flexibility index (Phi) is 3.15. The van der Waals surface area contributed by atoms with Gasteiger partial charge in [-0.25, -0.2) is 12.8 Å². The van der Waals surface area contributed by atoms with Crippen molar-refractivity contribution in [2.24, 2.45) is 5.41 Å². The number of alkyl halides is 3. The summed E-state index contributed by atoms with van der Waals surface area (Å²) < 4.78 is 75.6. The highest BCUT2D eigenvalue weighted by molar-refractivity contribution is 7.90. The Morgan fingerprint density at radius 3 is 2.26 bits per heavy atom. The van der Waals surface area contributed by atoms with Gasteiger partial charge in [-0.1, -0.05) is 6.07 Å². The molecule has 126 valence electrons. The molecule has 0 heterocycles. The Hall–Kier alpha value is -1.64. The van der Waals surface area contributed by atoms with Crippen LogP contribution in [-0.4, -0.2) is 32.3 Å². The van der Waals surface area contributed by atoms with Gasteiger partial charge in [-0.05, 0) is 31.4 Å². The second kappa shape index (κ2) is 4.46. The van der Waals surface area contributed by atoms with Crippen molar-refractivity contribution in [3.63, 3.8) is 0 Å². The monoisotopic (exact) mass is 351 g/mol. The van der Waals surface area contributed by atoms with E-state index in [4.69, 9.17) is 0 Å². The molecule has 3 saturated carbocycles. The van der Waals surface area contributed by atoms with Crippen molar-refractivity contribution in [2.45, 2.75) is 35.9 Å². The normalized spacial score (nSPS) is 29.4. The molecule has 3 aliphatic rings. The van der Waals surface area contributed by atoms with Gasteiger partial charge in [0.1, 0.15) is 5.82 Å². The lowest BCUT2D eigenvalue weighted by Gasteiger charge is -2.70. The first-order valence-corrected chi connectivity index (χ1v) is 8.66. The number of carbonyl (C=O) groups excluding carboxylic acids is 1. The maximum Gasteiger partial charge on any atom is 0.394 e. The molecule has 1 amide bonds. The number of sulfone groups is 1. The maximum atomic E-state index is 13.9. The van der Waals surface area contributed by atoms with E-state index < -0.39 is 49.2 Å². The van der Waals surface area contributed by atoms with Crippen molar-refractivity contribution in [1.82, 2.24) is 5.32 Å². The van der Waals surface area contributed by atoms with Crippen LogP contribution in [0.2, 0.25) is 0 Å². The molecule has 0 atom stereocenters. The van der Waals surface area contributed by atoms with E-state index in [1.165, 1.54) is 0 Å². The fourth-order valence-corrected chi connectivity index (χ4v) is 4.44. The fraction of sp³-hybridized carbons (Fsp3) is 0.500. The molecule has 2 bridgehead atoms. The number of nitrogens with one attached hydrogen (secondary N) is 1. The molecular formula is C14H13F4NO3S. The minimum Gasteiger partial charge on any atom is -0.346 e. The third-order valence-electron chi connectivity index (χ3n) is 4.61. The quantitative estimate of drug-likeness (QED) is 0.851. The molecule has 0 aromatic heterocycles. The number of rotatable bonds is 3. The number of halogens is 4. The van der Waals surface area contributed by atoms with Gasteiger partial charge in [0.15, 0.2) is 9.84 Å². The van der Waals surface area contributed by atoms with Crippen LogP contribution in [0.15, 0.2) is 23.1 Å². The molecule has 1 aromatic carbocycles. The van der Waals surface area contributed by atoms with Crippen molar-refractivity contribution >= 4 is 15.7 Å². The highest BCUT2D eigenvalue weighted by Crippen LogP contribution is 2.73. The Balaban J connectivity index is 1.83. The van der Waals surface area contributed by atoms with Crippen molar-refractivity contribution in [3.8, 4) is 0 Å². The minimum atomic E-state index is -4.32. The number of hydrogen-bond acceptors (Lipinski definition) is 3. The van der Waals surface area contributed by atoms with Gasteiger partial charge in [0.05, 0.1) is 15.9 Å². The summed E-state index contributed by atoms with van der Waals surface area (Å²) in [5, 5.41) is 2.38. The Morgan fingerprint density at radius 1 is 1.22 bits per heavy atom. The zero-order valence-electron chi connectivity index (χ0n) is 12.0. The van der Waals surface area contributed by atoms with Crippen LogP contribution in [0.25, 0.3) is 0 Å². The summed E-state index contributed by atoms with van der Waals surface area (Å²) in [5.74, 6) is -2.03. The summed E-state index contributed by atoms with van der Waals surface area (Å²) in [5.41, 5.74) is -3.42. The van der Waals surface area contributed by atoms with Crippen molar-refractivity contribution < 1.29 is 30.8 Å². The van der Waals surface area contributed by atoms with Crippen LogP contribution in [0.1, 0.15) is 29.6 Å². The molecule has 23 heavy (non-hydrogen) atoms. The van der Waals surface area contributed by atoms with Crippen LogP contribution in [0.3, 0.4) is 0 Å². The maximum absolute atomic E-state index is 13.9. The second-order valence-corrected chi connectivity index (χ2v) is 8.41. The smallest absolute Gasteiger partial charge is 0.346 e. The van der Waals surface area contributed by atoms with Crippen molar-refractivity contribution in [3.05, 3.63) is 29.6 Å². The average molecular weight is 351 g/mol. The summed E-state index contributed by atoms with van der Waals surface area (Å²) in [4.78, 5) is 11.7. The largest absolute Gasteiger partial charge is 0.394 e. The summed E-state index contributed by atoms with van der Waals surface area (Å²) in [6, 6.07) is 3.18. The van der Waals surface area contributed by atoms with Crippen molar-refractivity contribution in [2.75, 3.05) is 6.26 Å². The van der Waals surface area contributed by atoms with Gasteiger partial charge >= 0.3 is 6.18 Å². The molecule has 0 unspecified atom stereocenters. The molecule has 1 N–H and O–H groups in total. The van der Waals surface area contributed by atoms with Crippen LogP contribution in [-0.2, 0) is 9.84 Å². The first-order valence-electron chi connectivity index (χ1n) is 6.77. The SMILES string of the molecule is CS(=O)(=O)c1cccc(F)c1C(=O)NC12CC(C(F)(F)F)(C1)C2. The molecule has 1 aromatic rings. The summed E-state index contributed by atoms with van der Waals surface area (Å²) in [6.45, 7) is 0. The lowest BCUT2D eigenvalue weighted by molar-refractivity contribution is -0.336. The van der Waals surface area contributed by atoms with Gasteiger partial charge < -0.3 is 5.32 Å². The predicted octanol–water partition coefficient (Wildman–Crippen LogP) is 2.44. The summed E-state index contributed by atoms with van der Waals surface area (Å²) in [6.07, 6.45) is -4.25. The third-order valence-corrected chi connectivity index (χ3v) is 5.75. The predicted molar refractivity (Wildman–Crippen MR) is 72.0 cm³/mol. The molecule has 4 nitrogen and oxygen atoms in total. The summed E-state index contributed by atoms with van der Waals surface area (Å²) >= 11 is 0. The second-order valence-electron chi connectivity index (χ2n) is 6.43. The van der Waals surface area contributed by atoms with Gasteiger partial charge in [-0.2, -0.15) is 13.2 Å². The number of hydrogen-bond donors (Lipinski definition) is 1. The van der Waals surface area contributed by atoms with E-state index >= 15 is 0 Å². The van der Waals surface area contributed by atoms with Crippen LogP contribution >= 0.6 is 0 Å². The first-order chi connectivity index (χ1) is 10.4. The topological polar surface area (TPSA) is 63.2 Å². The molecule has 0 radical (unpaired) electrons. The van der Waals surface area contributed by atoms with E-state index in [0.29, 0.717) is 0 Å². The zero-order chi connectivity index (χ0) is 17.3. The van der Waals surface area contributed by atoms with E-state index in [-0.39, 0.29) is 19.3 Å².